The summed E-state index contributed by atoms with van der Waals surface area (Å²) in [5.74, 6) is -0.138. The number of benzene rings is 1. The first-order chi connectivity index (χ1) is 9.19. The van der Waals surface area contributed by atoms with Gasteiger partial charge >= 0.3 is 0 Å². The van der Waals surface area contributed by atoms with Crippen molar-refractivity contribution in [2.75, 3.05) is 10.6 Å². The second kappa shape index (κ2) is 6.48. The van der Waals surface area contributed by atoms with Gasteiger partial charge < -0.3 is 5.32 Å². The van der Waals surface area contributed by atoms with Gasteiger partial charge in [-0.05, 0) is 43.2 Å². The molecule has 1 aromatic carbocycles. The van der Waals surface area contributed by atoms with Crippen molar-refractivity contribution in [3.05, 3.63) is 59.4 Å². The van der Waals surface area contributed by atoms with Crippen LogP contribution < -0.4 is 5.32 Å². The fourth-order valence-electron chi connectivity index (χ4n) is 1.67. The Morgan fingerprint density at radius 3 is 2.53 bits per heavy atom. The summed E-state index contributed by atoms with van der Waals surface area (Å²) in [6.45, 7) is 1.89. The Kier molecular flexibility index (Phi) is 4.68. The first kappa shape index (κ1) is 13.7. The lowest BCUT2D eigenvalue weighted by atomic mass is 10.1. The van der Waals surface area contributed by atoms with Crippen molar-refractivity contribution >= 4 is 27.5 Å². The lowest BCUT2D eigenvalue weighted by molar-refractivity contribution is 0.102. The van der Waals surface area contributed by atoms with Crippen molar-refractivity contribution in [3.63, 3.8) is 0 Å². The number of alkyl halides is 1. The third-order valence-corrected chi connectivity index (χ3v) is 3.17. The summed E-state index contributed by atoms with van der Waals surface area (Å²) in [7, 11) is 0. The molecule has 0 aliphatic carbocycles. The molecular weight excluding hydrogens is 304 g/mol. The summed E-state index contributed by atoms with van der Waals surface area (Å²) < 4.78 is 0. The molecule has 0 spiro atoms. The predicted octanol–water partition coefficient (Wildman–Crippen LogP) is 3.58. The molecule has 0 saturated heterocycles. The number of aromatic nitrogens is 1. The molecule has 1 heterocycles. The summed E-state index contributed by atoms with van der Waals surface area (Å²) in [6.07, 6.45) is 2.57. The van der Waals surface area contributed by atoms with E-state index in [0.29, 0.717) is 5.56 Å². The fourth-order valence-corrected chi connectivity index (χ4v) is 2.13. The van der Waals surface area contributed by atoms with Crippen LogP contribution in [0.25, 0.3) is 0 Å². The van der Waals surface area contributed by atoms with Gasteiger partial charge in [0.1, 0.15) is 0 Å². The predicted molar refractivity (Wildman–Crippen MR) is 80.9 cm³/mol. The van der Waals surface area contributed by atoms with Gasteiger partial charge in [-0.1, -0.05) is 28.1 Å². The minimum atomic E-state index is -0.138. The largest absolute Gasteiger partial charge is 0.322 e. The Morgan fingerprint density at radius 1 is 1.21 bits per heavy atom. The van der Waals surface area contributed by atoms with Crippen LogP contribution in [-0.4, -0.2) is 16.2 Å². The van der Waals surface area contributed by atoms with Crippen LogP contribution in [0, 0.1) is 6.92 Å². The minimum absolute atomic E-state index is 0.138. The molecule has 0 fully saturated rings. The number of hydrogen-bond acceptors (Lipinski definition) is 2. The molecule has 0 radical (unpaired) electrons. The Bertz CT molecular complexity index is 549. The molecule has 0 bridgehead atoms. The van der Waals surface area contributed by atoms with Gasteiger partial charge in [0.05, 0.1) is 5.56 Å². The van der Waals surface area contributed by atoms with E-state index < -0.39 is 0 Å². The van der Waals surface area contributed by atoms with E-state index in [-0.39, 0.29) is 5.91 Å². The SMILES string of the molecule is Cc1ccc(C(=O)Nc2ccc(CCBr)cc2)cn1. The summed E-state index contributed by atoms with van der Waals surface area (Å²) in [4.78, 5) is 16.1. The van der Waals surface area contributed by atoms with E-state index >= 15 is 0 Å². The maximum Gasteiger partial charge on any atom is 0.257 e. The highest BCUT2D eigenvalue weighted by Gasteiger charge is 2.06. The van der Waals surface area contributed by atoms with Crippen molar-refractivity contribution in [3.8, 4) is 0 Å². The number of nitrogens with zero attached hydrogens (tertiary/aromatic N) is 1. The van der Waals surface area contributed by atoms with E-state index in [1.807, 2.05) is 37.3 Å². The average Bonchev–Trinajstić information content (AvgIpc) is 2.42. The molecule has 2 aromatic rings. The highest BCUT2D eigenvalue weighted by molar-refractivity contribution is 9.09. The highest BCUT2D eigenvalue weighted by atomic mass is 79.9. The molecule has 1 amide bonds. The molecule has 19 heavy (non-hydrogen) atoms. The molecular formula is C15H15BrN2O. The Balaban J connectivity index is 2.04. The quantitative estimate of drug-likeness (QED) is 0.875. The van der Waals surface area contributed by atoms with Crippen LogP contribution in [0.4, 0.5) is 5.69 Å². The monoisotopic (exact) mass is 318 g/mol. The van der Waals surface area contributed by atoms with Crippen LogP contribution in [0.3, 0.4) is 0 Å². The Labute approximate surface area is 121 Å². The van der Waals surface area contributed by atoms with E-state index in [4.69, 9.17) is 0 Å². The Hall–Kier alpha value is -1.68. The van der Waals surface area contributed by atoms with E-state index in [0.717, 1.165) is 23.1 Å². The van der Waals surface area contributed by atoms with Crippen molar-refractivity contribution in [2.45, 2.75) is 13.3 Å². The average molecular weight is 319 g/mol. The number of anilines is 1. The van der Waals surface area contributed by atoms with Gasteiger partial charge in [0, 0.05) is 22.9 Å². The van der Waals surface area contributed by atoms with Gasteiger partial charge in [-0.3, -0.25) is 9.78 Å². The Morgan fingerprint density at radius 2 is 1.95 bits per heavy atom. The molecule has 4 heteroatoms. The number of carbonyl (C=O) groups is 1. The standard InChI is InChI=1S/C15H15BrN2O/c1-11-2-5-13(10-17-11)15(19)18-14-6-3-12(4-7-14)8-9-16/h2-7,10H,8-9H2,1H3,(H,18,19). The molecule has 0 unspecified atom stereocenters. The molecule has 0 saturated carbocycles. The maximum absolute atomic E-state index is 12.0. The third kappa shape index (κ3) is 3.89. The van der Waals surface area contributed by atoms with Crippen LogP contribution in [0.1, 0.15) is 21.6 Å². The van der Waals surface area contributed by atoms with Crippen molar-refractivity contribution < 1.29 is 4.79 Å². The number of amides is 1. The van der Waals surface area contributed by atoms with Crippen LogP contribution in [0.15, 0.2) is 42.6 Å². The number of nitrogens with one attached hydrogen (secondary N) is 1. The fraction of sp³-hybridized carbons (Fsp3) is 0.200. The molecule has 0 atom stereocenters. The molecule has 98 valence electrons. The molecule has 0 aliphatic heterocycles. The molecule has 0 aliphatic rings. The molecule has 2 rings (SSSR count). The van der Waals surface area contributed by atoms with E-state index in [2.05, 4.69) is 26.2 Å². The van der Waals surface area contributed by atoms with Crippen molar-refractivity contribution in [1.29, 1.82) is 0 Å². The maximum atomic E-state index is 12.0. The number of pyridine rings is 1. The highest BCUT2D eigenvalue weighted by Crippen LogP contribution is 2.12. The summed E-state index contributed by atoms with van der Waals surface area (Å²) in [6, 6.07) is 11.5. The number of hydrogen-bond donors (Lipinski definition) is 1. The third-order valence-electron chi connectivity index (χ3n) is 2.77. The number of aryl methyl sites for hydroxylation is 2. The van der Waals surface area contributed by atoms with Crippen molar-refractivity contribution in [2.24, 2.45) is 0 Å². The van der Waals surface area contributed by atoms with Gasteiger partial charge in [-0.15, -0.1) is 0 Å². The second-order valence-corrected chi connectivity index (χ2v) is 5.07. The summed E-state index contributed by atoms with van der Waals surface area (Å²) >= 11 is 3.40. The first-order valence-corrected chi connectivity index (χ1v) is 7.20. The zero-order valence-electron chi connectivity index (χ0n) is 10.7. The summed E-state index contributed by atoms with van der Waals surface area (Å²) in [5.41, 5.74) is 3.50. The lowest BCUT2D eigenvalue weighted by Crippen LogP contribution is -2.12. The topological polar surface area (TPSA) is 42.0 Å². The van der Waals surface area contributed by atoms with Crippen molar-refractivity contribution in [1.82, 2.24) is 4.98 Å². The van der Waals surface area contributed by atoms with Gasteiger partial charge in [0.25, 0.3) is 5.91 Å². The van der Waals surface area contributed by atoms with Crippen LogP contribution in [-0.2, 0) is 6.42 Å². The van der Waals surface area contributed by atoms with Crippen LogP contribution in [0.5, 0.6) is 0 Å². The van der Waals surface area contributed by atoms with Crippen LogP contribution >= 0.6 is 15.9 Å². The van der Waals surface area contributed by atoms with Gasteiger partial charge in [-0.2, -0.15) is 0 Å². The smallest absolute Gasteiger partial charge is 0.257 e. The van der Waals surface area contributed by atoms with E-state index in [1.165, 1.54) is 5.56 Å². The van der Waals surface area contributed by atoms with Gasteiger partial charge in [0.2, 0.25) is 0 Å². The van der Waals surface area contributed by atoms with Gasteiger partial charge in [-0.25, -0.2) is 0 Å². The lowest BCUT2D eigenvalue weighted by Gasteiger charge is -2.06. The number of carbonyl (C=O) groups excluding carboxylic acids is 1. The van der Waals surface area contributed by atoms with Gasteiger partial charge in [0.15, 0.2) is 0 Å². The molecule has 1 N–H and O–H groups in total. The molecule has 3 nitrogen and oxygen atoms in total. The van der Waals surface area contributed by atoms with E-state index in [1.54, 1.807) is 12.3 Å². The minimum Gasteiger partial charge on any atom is -0.322 e. The zero-order valence-corrected chi connectivity index (χ0v) is 12.3. The molecule has 1 aromatic heterocycles. The first-order valence-electron chi connectivity index (χ1n) is 6.08. The zero-order chi connectivity index (χ0) is 13.7. The van der Waals surface area contributed by atoms with Crippen LogP contribution in [0.2, 0.25) is 0 Å². The number of rotatable bonds is 4. The normalized spacial score (nSPS) is 10.2. The summed E-state index contributed by atoms with van der Waals surface area (Å²) in [5, 5.41) is 3.79. The number of halogens is 1. The van der Waals surface area contributed by atoms with E-state index in [9.17, 15) is 4.79 Å². The second-order valence-electron chi connectivity index (χ2n) is 4.28.